The van der Waals surface area contributed by atoms with Crippen molar-refractivity contribution in [1.29, 1.82) is 0 Å². The molecule has 0 bridgehead atoms. The van der Waals surface area contributed by atoms with Crippen molar-refractivity contribution in [3.63, 3.8) is 0 Å². The van der Waals surface area contributed by atoms with Crippen LogP contribution >= 0.6 is 0 Å². The molecule has 2 atom stereocenters. The molecule has 0 amide bonds. The van der Waals surface area contributed by atoms with E-state index in [-0.39, 0.29) is 5.60 Å². The molecule has 1 rings (SSSR count). The molecule has 0 saturated heterocycles. The third-order valence-electron chi connectivity index (χ3n) is 5.50. The van der Waals surface area contributed by atoms with E-state index < -0.39 is 0 Å². The molecule has 0 heterocycles. The summed E-state index contributed by atoms with van der Waals surface area (Å²) in [6.07, 6.45) is 9.95. The predicted octanol–water partition coefficient (Wildman–Crippen LogP) is 5.18. The van der Waals surface area contributed by atoms with E-state index in [1.54, 1.807) is 7.11 Å². The molecular weight excluding hydrogens is 248 g/mol. The van der Waals surface area contributed by atoms with Gasteiger partial charge in [0.25, 0.3) is 0 Å². The van der Waals surface area contributed by atoms with Crippen molar-refractivity contribution in [3.05, 3.63) is 11.8 Å². The Labute approximate surface area is 125 Å². The fourth-order valence-electron chi connectivity index (χ4n) is 3.62. The summed E-state index contributed by atoms with van der Waals surface area (Å²) in [6.45, 7) is 9.02. The molecule has 1 fully saturated rings. The van der Waals surface area contributed by atoms with Gasteiger partial charge in [0, 0.05) is 13.0 Å². The van der Waals surface area contributed by atoms with Gasteiger partial charge in [0.15, 0.2) is 0 Å². The monoisotopic (exact) mass is 282 g/mol. The lowest BCUT2D eigenvalue weighted by Gasteiger charge is -2.36. The summed E-state index contributed by atoms with van der Waals surface area (Å²) >= 11 is 0. The van der Waals surface area contributed by atoms with Crippen LogP contribution in [-0.4, -0.2) is 19.8 Å². The van der Waals surface area contributed by atoms with Crippen LogP contribution in [0.15, 0.2) is 11.8 Å². The highest BCUT2D eigenvalue weighted by molar-refractivity contribution is 5.11. The second kappa shape index (κ2) is 8.07. The van der Waals surface area contributed by atoms with E-state index in [0.717, 1.165) is 24.5 Å². The first kappa shape index (κ1) is 17.6. The molecule has 1 aliphatic carbocycles. The first-order chi connectivity index (χ1) is 9.52. The standard InChI is InChI=1S/C18H34O2/c1-7-15(8-2)17(19-5)13-18(4,20-6)14(3)16-11-9-10-12-16/h13-16H,7-12H2,1-6H3/b17-13-. The Morgan fingerprint density at radius 1 is 1.20 bits per heavy atom. The van der Waals surface area contributed by atoms with Crippen LogP contribution in [0.1, 0.15) is 66.2 Å². The third kappa shape index (κ3) is 4.00. The van der Waals surface area contributed by atoms with Crippen molar-refractivity contribution < 1.29 is 9.47 Å². The van der Waals surface area contributed by atoms with Gasteiger partial charge in [-0.1, -0.05) is 46.5 Å². The summed E-state index contributed by atoms with van der Waals surface area (Å²) in [5, 5.41) is 0. The van der Waals surface area contributed by atoms with Gasteiger partial charge in [0.2, 0.25) is 0 Å². The molecule has 1 aliphatic rings. The Balaban J connectivity index is 2.94. The number of hydrogen-bond donors (Lipinski definition) is 0. The van der Waals surface area contributed by atoms with Gasteiger partial charge in [-0.25, -0.2) is 0 Å². The van der Waals surface area contributed by atoms with Crippen LogP contribution in [-0.2, 0) is 9.47 Å². The van der Waals surface area contributed by atoms with Crippen LogP contribution in [0.3, 0.4) is 0 Å². The normalized spacial score (nSPS) is 22.1. The van der Waals surface area contributed by atoms with Crippen LogP contribution < -0.4 is 0 Å². The minimum atomic E-state index is -0.219. The average molecular weight is 282 g/mol. The predicted molar refractivity (Wildman–Crippen MR) is 85.7 cm³/mol. The van der Waals surface area contributed by atoms with Crippen LogP contribution in [0.5, 0.6) is 0 Å². The second-order valence-electron chi connectivity index (χ2n) is 6.49. The molecule has 118 valence electrons. The Kier molecular flexibility index (Phi) is 7.08. The van der Waals surface area contributed by atoms with Gasteiger partial charge in [-0.05, 0) is 37.7 Å². The number of ether oxygens (including phenoxy) is 2. The van der Waals surface area contributed by atoms with Gasteiger partial charge in [-0.2, -0.15) is 0 Å². The fraction of sp³-hybridized carbons (Fsp3) is 0.889. The molecular formula is C18H34O2. The van der Waals surface area contributed by atoms with Crippen molar-refractivity contribution in [2.45, 2.75) is 71.8 Å². The minimum Gasteiger partial charge on any atom is -0.501 e. The van der Waals surface area contributed by atoms with Crippen molar-refractivity contribution >= 4 is 0 Å². The van der Waals surface area contributed by atoms with Crippen molar-refractivity contribution in [2.75, 3.05) is 14.2 Å². The first-order valence-corrected chi connectivity index (χ1v) is 8.34. The highest BCUT2D eigenvalue weighted by Crippen LogP contribution is 2.40. The number of methoxy groups -OCH3 is 2. The quantitative estimate of drug-likeness (QED) is 0.571. The molecule has 0 aromatic rings. The van der Waals surface area contributed by atoms with Gasteiger partial charge >= 0.3 is 0 Å². The molecule has 0 aromatic heterocycles. The maximum atomic E-state index is 5.93. The van der Waals surface area contributed by atoms with E-state index in [0.29, 0.717) is 11.8 Å². The van der Waals surface area contributed by atoms with Crippen molar-refractivity contribution in [3.8, 4) is 0 Å². The van der Waals surface area contributed by atoms with Crippen molar-refractivity contribution in [1.82, 2.24) is 0 Å². The van der Waals surface area contributed by atoms with E-state index in [1.807, 2.05) is 7.11 Å². The van der Waals surface area contributed by atoms with Crippen LogP contribution in [0.25, 0.3) is 0 Å². The number of hydrogen-bond acceptors (Lipinski definition) is 2. The zero-order valence-corrected chi connectivity index (χ0v) is 14.4. The summed E-state index contributed by atoms with van der Waals surface area (Å²) < 4.78 is 11.6. The summed E-state index contributed by atoms with van der Waals surface area (Å²) in [5.74, 6) is 2.93. The molecule has 0 radical (unpaired) electrons. The lowest BCUT2D eigenvalue weighted by Crippen LogP contribution is -2.37. The Morgan fingerprint density at radius 2 is 1.75 bits per heavy atom. The molecule has 2 unspecified atom stereocenters. The van der Waals surface area contributed by atoms with Crippen LogP contribution in [0.2, 0.25) is 0 Å². The van der Waals surface area contributed by atoms with Gasteiger partial charge in [-0.3, -0.25) is 0 Å². The highest BCUT2D eigenvalue weighted by atomic mass is 16.5. The van der Waals surface area contributed by atoms with E-state index in [2.05, 4.69) is 33.8 Å². The molecule has 0 aliphatic heterocycles. The molecule has 2 heteroatoms. The van der Waals surface area contributed by atoms with Crippen LogP contribution in [0, 0.1) is 17.8 Å². The molecule has 1 saturated carbocycles. The van der Waals surface area contributed by atoms with Gasteiger partial charge in [-0.15, -0.1) is 0 Å². The lowest BCUT2D eigenvalue weighted by atomic mass is 9.78. The Hall–Kier alpha value is -0.500. The lowest BCUT2D eigenvalue weighted by molar-refractivity contribution is -0.0205. The zero-order chi connectivity index (χ0) is 15.2. The summed E-state index contributed by atoms with van der Waals surface area (Å²) in [4.78, 5) is 0. The molecule has 2 nitrogen and oxygen atoms in total. The van der Waals surface area contributed by atoms with Gasteiger partial charge < -0.3 is 9.47 Å². The first-order valence-electron chi connectivity index (χ1n) is 8.34. The molecule has 0 spiro atoms. The van der Waals surface area contributed by atoms with Gasteiger partial charge in [0.05, 0.1) is 18.5 Å². The Bertz CT molecular complexity index is 301. The Morgan fingerprint density at radius 3 is 2.15 bits per heavy atom. The second-order valence-corrected chi connectivity index (χ2v) is 6.49. The summed E-state index contributed by atoms with van der Waals surface area (Å²) in [7, 11) is 3.63. The topological polar surface area (TPSA) is 18.5 Å². The third-order valence-corrected chi connectivity index (χ3v) is 5.50. The maximum absolute atomic E-state index is 5.93. The smallest absolute Gasteiger partial charge is 0.0974 e. The van der Waals surface area contributed by atoms with Crippen molar-refractivity contribution in [2.24, 2.45) is 17.8 Å². The molecule has 20 heavy (non-hydrogen) atoms. The number of rotatable bonds is 8. The SMILES string of the molecule is CCC(CC)/C(=C/C(C)(OC)C(C)C1CCCC1)OC. The molecule has 0 aromatic carbocycles. The molecule has 0 N–H and O–H groups in total. The zero-order valence-electron chi connectivity index (χ0n) is 14.4. The average Bonchev–Trinajstić information content (AvgIpc) is 3.00. The van der Waals surface area contributed by atoms with E-state index in [1.165, 1.54) is 25.7 Å². The van der Waals surface area contributed by atoms with E-state index in [9.17, 15) is 0 Å². The number of allylic oxidation sites excluding steroid dienone is 1. The largest absolute Gasteiger partial charge is 0.501 e. The minimum absolute atomic E-state index is 0.219. The maximum Gasteiger partial charge on any atom is 0.0974 e. The highest BCUT2D eigenvalue weighted by Gasteiger charge is 2.37. The van der Waals surface area contributed by atoms with Gasteiger partial charge in [0.1, 0.15) is 0 Å². The van der Waals surface area contributed by atoms with E-state index >= 15 is 0 Å². The van der Waals surface area contributed by atoms with E-state index in [4.69, 9.17) is 9.47 Å². The fourth-order valence-corrected chi connectivity index (χ4v) is 3.62. The summed E-state index contributed by atoms with van der Waals surface area (Å²) in [6, 6.07) is 0. The van der Waals surface area contributed by atoms with Crippen LogP contribution in [0.4, 0.5) is 0 Å². The summed E-state index contributed by atoms with van der Waals surface area (Å²) in [5.41, 5.74) is -0.219.